The second kappa shape index (κ2) is 5.90. The third-order valence-corrected chi connectivity index (χ3v) is 4.20. The molecule has 118 valence electrons. The van der Waals surface area contributed by atoms with Crippen molar-refractivity contribution in [2.45, 2.75) is 52.0 Å². The Morgan fingerprint density at radius 3 is 2.91 bits per heavy atom. The molecule has 2 aromatic heterocycles. The van der Waals surface area contributed by atoms with Gasteiger partial charge in [-0.2, -0.15) is 10.2 Å². The fraction of sp³-hybridized carbons (Fsp3) is 0.600. The zero-order chi connectivity index (χ0) is 15.7. The van der Waals surface area contributed by atoms with E-state index in [-0.39, 0.29) is 11.9 Å². The number of carbonyl (C=O) groups is 1. The van der Waals surface area contributed by atoms with Gasteiger partial charge in [-0.15, -0.1) is 0 Å². The van der Waals surface area contributed by atoms with Gasteiger partial charge >= 0.3 is 0 Å². The molecule has 1 unspecified atom stereocenters. The van der Waals surface area contributed by atoms with E-state index in [2.05, 4.69) is 25.6 Å². The van der Waals surface area contributed by atoms with Crippen molar-refractivity contribution in [2.24, 2.45) is 7.05 Å². The maximum atomic E-state index is 12.5. The van der Waals surface area contributed by atoms with E-state index in [1.54, 1.807) is 0 Å². The topological polar surface area (TPSA) is 88.5 Å². The Kier molecular flexibility index (Phi) is 3.96. The Morgan fingerprint density at radius 1 is 1.41 bits per heavy atom. The number of nitrogens with zero attached hydrogens (tertiary/aromatic N) is 4. The van der Waals surface area contributed by atoms with Crippen LogP contribution in [0.4, 0.5) is 0 Å². The molecule has 2 heterocycles. The molecule has 1 aliphatic carbocycles. The molecule has 0 saturated heterocycles. The highest BCUT2D eigenvalue weighted by molar-refractivity contribution is 5.94. The summed E-state index contributed by atoms with van der Waals surface area (Å²) in [6, 6.07) is -0.245. The predicted octanol–water partition coefficient (Wildman–Crippen LogP) is 1.47. The highest BCUT2D eigenvalue weighted by Crippen LogP contribution is 2.24. The summed E-state index contributed by atoms with van der Waals surface area (Å²) in [5.41, 5.74) is 2.84. The number of carbonyl (C=O) groups excluding carboxylic acids is 1. The lowest BCUT2D eigenvalue weighted by Gasteiger charge is -2.13. The lowest BCUT2D eigenvalue weighted by atomic mass is 9.95. The first-order chi connectivity index (χ1) is 10.6. The van der Waals surface area contributed by atoms with E-state index in [4.69, 9.17) is 0 Å². The van der Waals surface area contributed by atoms with Crippen molar-refractivity contribution < 1.29 is 4.79 Å². The maximum absolute atomic E-state index is 12.5. The fourth-order valence-corrected chi connectivity index (χ4v) is 2.95. The first-order valence-corrected chi connectivity index (χ1v) is 7.87. The number of amides is 1. The second-order valence-corrected chi connectivity index (χ2v) is 5.79. The van der Waals surface area contributed by atoms with E-state index in [1.807, 2.05) is 25.6 Å². The molecule has 3 rings (SSSR count). The van der Waals surface area contributed by atoms with Crippen molar-refractivity contribution in [2.75, 3.05) is 0 Å². The first-order valence-electron chi connectivity index (χ1n) is 7.87. The van der Waals surface area contributed by atoms with Crippen LogP contribution >= 0.6 is 0 Å². The molecule has 7 nitrogen and oxygen atoms in total. The van der Waals surface area contributed by atoms with E-state index in [0.717, 1.165) is 37.1 Å². The molecule has 0 radical (unpaired) electrons. The lowest BCUT2D eigenvalue weighted by molar-refractivity contribution is 0.0931. The van der Waals surface area contributed by atoms with Crippen LogP contribution in [0.15, 0.2) is 0 Å². The molecule has 0 aromatic carbocycles. The standard InChI is InChI=1S/C15H22N6O/c1-4-12-17-14(19-18-12)9(2)16-15(22)13-10-7-5-6-8-11(10)21(3)20-13/h9H,4-8H2,1-3H3,(H,16,22)(H,17,18,19). The van der Waals surface area contributed by atoms with Crippen molar-refractivity contribution in [3.63, 3.8) is 0 Å². The monoisotopic (exact) mass is 302 g/mol. The molecule has 2 N–H and O–H groups in total. The fourth-order valence-electron chi connectivity index (χ4n) is 2.95. The minimum Gasteiger partial charge on any atom is -0.341 e. The van der Waals surface area contributed by atoms with Crippen LogP contribution in [-0.4, -0.2) is 30.9 Å². The molecule has 0 fully saturated rings. The third-order valence-electron chi connectivity index (χ3n) is 4.20. The molecule has 0 spiro atoms. The number of aryl methyl sites for hydroxylation is 2. The average Bonchev–Trinajstić information content (AvgIpc) is 3.13. The summed E-state index contributed by atoms with van der Waals surface area (Å²) in [5, 5.41) is 14.4. The minimum atomic E-state index is -0.245. The molecule has 0 aliphatic heterocycles. The van der Waals surface area contributed by atoms with Crippen LogP contribution in [0.3, 0.4) is 0 Å². The van der Waals surface area contributed by atoms with Crippen molar-refractivity contribution in [3.05, 3.63) is 28.6 Å². The first kappa shape index (κ1) is 14.7. The Hall–Kier alpha value is -2.18. The summed E-state index contributed by atoms with van der Waals surface area (Å²) in [4.78, 5) is 16.9. The zero-order valence-electron chi connectivity index (χ0n) is 13.3. The molecular weight excluding hydrogens is 280 g/mol. The number of nitrogens with one attached hydrogen (secondary N) is 2. The number of hydrogen-bond acceptors (Lipinski definition) is 4. The van der Waals surface area contributed by atoms with Gasteiger partial charge in [0.1, 0.15) is 5.82 Å². The van der Waals surface area contributed by atoms with Crippen LogP contribution in [-0.2, 0) is 26.3 Å². The van der Waals surface area contributed by atoms with Gasteiger partial charge in [0.2, 0.25) is 0 Å². The van der Waals surface area contributed by atoms with E-state index in [9.17, 15) is 4.79 Å². The molecule has 7 heteroatoms. The predicted molar refractivity (Wildman–Crippen MR) is 81.5 cm³/mol. The number of aromatic amines is 1. The van der Waals surface area contributed by atoms with Crippen LogP contribution in [0.5, 0.6) is 0 Å². The molecule has 1 aliphatic rings. The summed E-state index contributed by atoms with van der Waals surface area (Å²) >= 11 is 0. The zero-order valence-corrected chi connectivity index (χ0v) is 13.3. The van der Waals surface area contributed by atoms with Crippen molar-refractivity contribution in [1.82, 2.24) is 30.3 Å². The molecule has 1 amide bonds. The second-order valence-electron chi connectivity index (χ2n) is 5.79. The Balaban J connectivity index is 1.77. The lowest BCUT2D eigenvalue weighted by Crippen LogP contribution is -2.28. The van der Waals surface area contributed by atoms with Gasteiger partial charge in [0, 0.05) is 24.7 Å². The number of hydrogen-bond donors (Lipinski definition) is 2. The molecule has 0 saturated carbocycles. The van der Waals surface area contributed by atoms with Gasteiger partial charge in [0.05, 0.1) is 6.04 Å². The van der Waals surface area contributed by atoms with Gasteiger partial charge in [-0.05, 0) is 32.6 Å². The van der Waals surface area contributed by atoms with E-state index in [1.165, 1.54) is 12.1 Å². The molecular formula is C15H22N6O. The van der Waals surface area contributed by atoms with E-state index in [0.29, 0.717) is 11.5 Å². The summed E-state index contributed by atoms with van der Waals surface area (Å²) in [5.74, 6) is 1.29. The van der Waals surface area contributed by atoms with Gasteiger partial charge in [0.25, 0.3) is 5.91 Å². The molecule has 22 heavy (non-hydrogen) atoms. The number of rotatable bonds is 4. The van der Waals surface area contributed by atoms with Crippen molar-refractivity contribution in [3.8, 4) is 0 Å². The Labute approximate surface area is 129 Å². The smallest absolute Gasteiger partial charge is 0.272 e. The number of H-pyrrole nitrogens is 1. The summed E-state index contributed by atoms with van der Waals surface area (Å²) in [7, 11) is 1.91. The van der Waals surface area contributed by atoms with Gasteiger partial charge in [-0.3, -0.25) is 14.6 Å². The van der Waals surface area contributed by atoms with Crippen LogP contribution in [0.25, 0.3) is 0 Å². The normalized spacial score (nSPS) is 15.4. The van der Waals surface area contributed by atoms with Crippen LogP contribution in [0, 0.1) is 0 Å². The maximum Gasteiger partial charge on any atom is 0.272 e. The molecule has 0 bridgehead atoms. The third kappa shape index (κ3) is 2.63. The SMILES string of the molecule is CCc1nc(C(C)NC(=O)c2nn(C)c3c2CCCC3)n[nH]1. The van der Waals surface area contributed by atoms with Crippen LogP contribution < -0.4 is 5.32 Å². The molecule has 1 atom stereocenters. The van der Waals surface area contributed by atoms with Gasteiger partial charge in [0.15, 0.2) is 11.5 Å². The number of fused-ring (bicyclic) bond motifs is 1. The van der Waals surface area contributed by atoms with Gasteiger partial charge in [-0.25, -0.2) is 4.98 Å². The summed E-state index contributed by atoms with van der Waals surface area (Å²) < 4.78 is 1.84. The van der Waals surface area contributed by atoms with E-state index < -0.39 is 0 Å². The van der Waals surface area contributed by atoms with Crippen LogP contribution in [0.2, 0.25) is 0 Å². The quantitative estimate of drug-likeness (QED) is 0.895. The van der Waals surface area contributed by atoms with Crippen LogP contribution in [0.1, 0.15) is 66.1 Å². The molecule has 2 aromatic rings. The minimum absolute atomic E-state index is 0.144. The highest BCUT2D eigenvalue weighted by atomic mass is 16.2. The average molecular weight is 302 g/mol. The summed E-state index contributed by atoms with van der Waals surface area (Å²) in [6.07, 6.45) is 5.01. The van der Waals surface area contributed by atoms with Crippen molar-refractivity contribution >= 4 is 5.91 Å². The Bertz CT molecular complexity index is 686. The van der Waals surface area contributed by atoms with Crippen molar-refractivity contribution in [1.29, 1.82) is 0 Å². The number of aromatic nitrogens is 5. The van der Waals surface area contributed by atoms with Gasteiger partial charge < -0.3 is 5.32 Å². The van der Waals surface area contributed by atoms with E-state index >= 15 is 0 Å². The van der Waals surface area contributed by atoms with Gasteiger partial charge in [-0.1, -0.05) is 6.92 Å². The summed E-state index contributed by atoms with van der Waals surface area (Å²) in [6.45, 7) is 3.89. The largest absolute Gasteiger partial charge is 0.341 e. The highest BCUT2D eigenvalue weighted by Gasteiger charge is 2.25. The Morgan fingerprint density at radius 2 is 2.18 bits per heavy atom.